The fourth-order valence-electron chi connectivity index (χ4n) is 2.30. The molecule has 4 heteroatoms. The van der Waals surface area contributed by atoms with E-state index in [0.717, 1.165) is 13.0 Å². The molecule has 0 atom stereocenters. The molecule has 1 aromatic heterocycles. The van der Waals surface area contributed by atoms with Crippen molar-refractivity contribution < 1.29 is 9.36 Å². The van der Waals surface area contributed by atoms with Gasteiger partial charge >= 0.3 is 0 Å². The van der Waals surface area contributed by atoms with E-state index in [4.69, 9.17) is 0 Å². The lowest BCUT2D eigenvalue weighted by Crippen LogP contribution is -2.29. The van der Waals surface area contributed by atoms with Gasteiger partial charge < -0.3 is 5.32 Å². The van der Waals surface area contributed by atoms with Crippen LogP contribution >= 0.6 is 0 Å². The van der Waals surface area contributed by atoms with Crippen LogP contribution in [0.4, 0.5) is 0 Å². The van der Waals surface area contributed by atoms with E-state index < -0.39 is 0 Å². The van der Waals surface area contributed by atoms with Gasteiger partial charge in [-0.1, -0.05) is 51.9 Å². The van der Waals surface area contributed by atoms with Crippen LogP contribution in [0.1, 0.15) is 58.3 Å². The highest BCUT2D eigenvalue weighted by Gasteiger charge is 2.06. The van der Waals surface area contributed by atoms with E-state index in [0.29, 0.717) is 6.54 Å². The molecule has 0 fully saturated rings. The topological polar surface area (TPSA) is 37.9 Å². The van der Waals surface area contributed by atoms with Gasteiger partial charge in [0.2, 0.25) is 6.33 Å². The van der Waals surface area contributed by atoms with Gasteiger partial charge in [0.1, 0.15) is 12.4 Å². The second-order valence-corrected chi connectivity index (χ2v) is 5.58. The summed E-state index contributed by atoms with van der Waals surface area (Å²) in [5, 5.41) is 2.98. The molecule has 0 unspecified atom stereocenters. The van der Waals surface area contributed by atoms with Gasteiger partial charge in [0.25, 0.3) is 5.91 Å². The van der Waals surface area contributed by atoms with Crippen LogP contribution in [0.5, 0.6) is 0 Å². The van der Waals surface area contributed by atoms with E-state index in [9.17, 15) is 4.79 Å². The Kier molecular flexibility index (Phi) is 8.76. The molecule has 20 heavy (non-hydrogen) atoms. The zero-order chi connectivity index (χ0) is 14.6. The highest BCUT2D eigenvalue weighted by Crippen LogP contribution is 2.07. The third-order valence-corrected chi connectivity index (χ3v) is 3.50. The average Bonchev–Trinajstić information content (AvgIpc) is 2.82. The highest BCUT2D eigenvalue weighted by atomic mass is 16.1. The standard InChI is InChI=1S/C16H29N3O/c1-3-4-5-6-7-8-9-10-11-17-16(20)14-19-13-12-18(2)15-19/h12-13,15H,3-11,14H2,1-2H3/p+1. The Labute approximate surface area is 123 Å². The zero-order valence-corrected chi connectivity index (χ0v) is 13.1. The van der Waals surface area contributed by atoms with Crippen molar-refractivity contribution in [3.8, 4) is 0 Å². The molecule has 0 saturated heterocycles. The van der Waals surface area contributed by atoms with Gasteiger partial charge in [-0.25, -0.2) is 9.13 Å². The first-order valence-electron chi connectivity index (χ1n) is 8.00. The first-order valence-corrected chi connectivity index (χ1v) is 8.00. The van der Waals surface area contributed by atoms with Gasteiger partial charge in [-0.15, -0.1) is 0 Å². The normalized spacial score (nSPS) is 10.7. The second-order valence-electron chi connectivity index (χ2n) is 5.58. The lowest BCUT2D eigenvalue weighted by atomic mass is 10.1. The number of rotatable bonds is 11. The lowest BCUT2D eigenvalue weighted by Gasteiger charge is -2.04. The van der Waals surface area contributed by atoms with Gasteiger partial charge in [0, 0.05) is 6.54 Å². The minimum atomic E-state index is 0.101. The number of imidazole rings is 1. The summed E-state index contributed by atoms with van der Waals surface area (Å²) in [6.07, 6.45) is 16.1. The number of nitrogens with zero attached hydrogens (tertiary/aromatic N) is 2. The van der Waals surface area contributed by atoms with Crippen molar-refractivity contribution in [1.82, 2.24) is 9.88 Å². The summed E-state index contributed by atoms with van der Waals surface area (Å²) in [7, 11) is 1.95. The Hall–Kier alpha value is -1.32. The second kappa shape index (κ2) is 10.5. The molecular formula is C16H30N3O+. The first-order chi connectivity index (χ1) is 9.72. The maximum Gasteiger partial charge on any atom is 0.262 e. The number of carbonyl (C=O) groups is 1. The van der Waals surface area contributed by atoms with Crippen LogP contribution in [-0.4, -0.2) is 17.0 Å². The van der Waals surface area contributed by atoms with Gasteiger partial charge in [-0.2, -0.15) is 0 Å². The van der Waals surface area contributed by atoms with Crippen LogP contribution < -0.4 is 9.88 Å². The summed E-state index contributed by atoms with van der Waals surface area (Å²) in [5.41, 5.74) is 0. The summed E-state index contributed by atoms with van der Waals surface area (Å²) >= 11 is 0. The summed E-state index contributed by atoms with van der Waals surface area (Å²) < 4.78 is 3.83. The number of aromatic nitrogens is 2. The van der Waals surface area contributed by atoms with Crippen molar-refractivity contribution in [3.05, 3.63) is 18.7 Å². The summed E-state index contributed by atoms with van der Waals surface area (Å²) in [6, 6.07) is 0. The Morgan fingerprint density at radius 3 is 2.35 bits per heavy atom. The molecule has 0 saturated carbocycles. The third kappa shape index (κ3) is 7.97. The molecule has 0 radical (unpaired) electrons. The molecule has 0 aliphatic heterocycles. The fraction of sp³-hybridized carbons (Fsp3) is 0.750. The van der Waals surface area contributed by atoms with Crippen LogP contribution in [0.25, 0.3) is 0 Å². The van der Waals surface area contributed by atoms with E-state index >= 15 is 0 Å². The minimum absolute atomic E-state index is 0.101. The maximum atomic E-state index is 11.7. The quantitative estimate of drug-likeness (QED) is 0.491. The van der Waals surface area contributed by atoms with Crippen molar-refractivity contribution in [2.24, 2.45) is 7.05 Å². The summed E-state index contributed by atoms with van der Waals surface area (Å²) in [6.45, 7) is 3.47. The molecule has 0 aliphatic rings. The van der Waals surface area contributed by atoms with E-state index in [1.807, 2.05) is 34.9 Å². The van der Waals surface area contributed by atoms with Crippen LogP contribution in [0.2, 0.25) is 0 Å². The first kappa shape index (κ1) is 16.7. The molecule has 1 heterocycles. The monoisotopic (exact) mass is 280 g/mol. The molecule has 1 rings (SSSR count). The van der Waals surface area contributed by atoms with E-state index in [-0.39, 0.29) is 5.91 Å². The fourth-order valence-corrected chi connectivity index (χ4v) is 2.30. The molecular weight excluding hydrogens is 250 g/mol. The van der Waals surface area contributed by atoms with E-state index in [2.05, 4.69) is 12.2 Å². The van der Waals surface area contributed by atoms with E-state index in [1.54, 1.807) is 0 Å². The minimum Gasteiger partial charge on any atom is -0.353 e. The van der Waals surface area contributed by atoms with Crippen LogP contribution in [-0.2, 0) is 18.4 Å². The number of hydrogen-bond acceptors (Lipinski definition) is 1. The molecule has 0 aromatic carbocycles. The Morgan fingerprint density at radius 1 is 1.10 bits per heavy atom. The summed E-state index contributed by atoms with van der Waals surface area (Å²) in [4.78, 5) is 11.7. The largest absolute Gasteiger partial charge is 0.353 e. The van der Waals surface area contributed by atoms with Crippen molar-refractivity contribution in [1.29, 1.82) is 0 Å². The van der Waals surface area contributed by atoms with Gasteiger partial charge in [-0.3, -0.25) is 4.79 Å². The van der Waals surface area contributed by atoms with E-state index in [1.165, 1.54) is 44.9 Å². The Bertz CT molecular complexity index is 374. The van der Waals surface area contributed by atoms with Crippen LogP contribution in [0.15, 0.2) is 18.7 Å². The molecule has 0 aliphatic carbocycles. The van der Waals surface area contributed by atoms with Crippen molar-refractivity contribution in [3.63, 3.8) is 0 Å². The maximum absolute atomic E-state index is 11.7. The average molecular weight is 280 g/mol. The molecule has 0 spiro atoms. The predicted octanol–water partition coefficient (Wildman–Crippen LogP) is 2.57. The molecule has 1 aromatic rings. The number of hydrogen-bond donors (Lipinski definition) is 1. The smallest absolute Gasteiger partial charge is 0.262 e. The molecule has 4 nitrogen and oxygen atoms in total. The molecule has 1 N–H and O–H groups in total. The number of unbranched alkanes of at least 4 members (excludes halogenated alkanes) is 7. The van der Waals surface area contributed by atoms with Gasteiger partial charge in [0.05, 0.1) is 7.05 Å². The molecule has 1 amide bonds. The third-order valence-electron chi connectivity index (χ3n) is 3.50. The number of nitrogens with one attached hydrogen (secondary N) is 1. The van der Waals surface area contributed by atoms with Crippen molar-refractivity contribution in [2.45, 2.75) is 64.8 Å². The van der Waals surface area contributed by atoms with Crippen LogP contribution in [0.3, 0.4) is 0 Å². The zero-order valence-electron chi connectivity index (χ0n) is 13.1. The number of amides is 1. The van der Waals surface area contributed by atoms with Crippen molar-refractivity contribution in [2.75, 3.05) is 6.54 Å². The van der Waals surface area contributed by atoms with Crippen molar-refractivity contribution >= 4 is 5.91 Å². The Morgan fingerprint density at radius 2 is 1.75 bits per heavy atom. The Balaban J connectivity index is 1.92. The molecule has 0 bridgehead atoms. The van der Waals surface area contributed by atoms with Gasteiger partial charge in [-0.05, 0) is 6.42 Å². The molecule has 114 valence electrons. The van der Waals surface area contributed by atoms with Crippen LogP contribution in [0, 0.1) is 0 Å². The number of aryl methyl sites for hydroxylation is 1. The predicted molar refractivity (Wildman–Crippen MR) is 81.2 cm³/mol. The van der Waals surface area contributed by atoms with Gasteiger partial charge in [0.15, 0.2) is 6.54 Å². The lowest BCUT2D eigenvalue weighted by molar-refractivity contribution is -0.671. The SMILES string of the molecule is CCCCCCCCCCNC(=O)Cn1cc[n+](C)c1. The summed E-state index contributed by atoms with van der Waals surface area (Å²) in [5.74, 6) is 0.101. The number of carbonyl (C=O) groups excluding carboxylic acids is 1. The highest BCUT2D eigenvalue weighted by molar-refractivity contribution is 5.75.